The van der Waals surface area contributed by atoms with E-state index in [1.54, 1.807) is 12.1 Å². The second-order valence-corrected chi connectivity index (χ2v) is 7.72. The van der Waals surface area contributed by atoms with Crippen molar-refractivity contribution in [3.8, 4) is 5.69 Å². The molecule has 1 unspecified atom stereocenters. The summed E-state index contributed by atoms with van der Waals surface area (Å²) in [5.74, 6) is 1.66. The van der Waals surface area contributed by atoms with Crippen LogP contribution in [0.3, 0.4) is 0 Å². The first-order chi connectivity index (χ1) is 13.4. The van der Waals surface area contributed by atoms with E-state index in [-0.39, 0.29) is 11.8 Å². The number of aromatic nitrogens is 3. The van der Waals surface area contributed by atoms with E-state index in [1.165, 1.54) is 18.9 Å². The van der Waals surface area contributed by atoms with Crippen molar-refractivity contribution in [3.63, 3.8) is 0 Å². The van der Waals surface area contributed by atoms with E-state index in [0.29, 0.717) is 16.5 Å². The number of furan rings is 1. The molecule has 1 atom stereocenters. The first-order valence-electron chi connectivity index (χ1n) is 8.58. The minimum Gasteiger partial charge on any atom is -0.463 e. The van der Waals surface area contributed by atoms with Crippen molar-refractivity contribution in [2.75, 3.05) is 21.2 Å². The summed E-state index contributed by atoms with van der Waals surface area (Å²) in [5, 5.41) is 10.2. The molecular formula is C19H21ClN4O3S. The molecule has 9 heteroatoms. The Bertz CT molecular complexity index is 953. The summed E-state index contributed by atoms with van der Waals surface area (Å²) < 4.78 is 12.2. The highest BCUT2D eigenvalue weighted by atomic mass is 35.5. The first kappa shape index (κ1) is 20.4. The first-order valence-corrected chi connectivity index (χ1v) is 9.94. The molecule has 0 bridgehead atoms. The van der Waals surface area contributed by atoms with Gasteiger partial charge in [-0.15, -0.1) is 10.2 Å². The number of carbonyl (C=O) groups excluding carboxylic acids is 1. The molecule has 0 saturated heterocycles. The van der Waals surface area contributed by atoms with Gasteiger partial charge in [-0.25, -0.2) is 4.79 Å². The summed E-state index contributed by atoms with van der Waals surface area (Å²) in [4.78, 5) is 13.6. The molecule has 3 rings (SSSR count). The Morgan fingerprint density at radius 1 is 1.25 bits per heavy atom. The Labute approximate surface area is 172 Å². The molecule has 0 spiro atoms. The van der Waals surface area contributed by atoms with Gasteiger partial charge >= 0.3 is 5.97 Å². The average molecular weight is 421 g/mol. The molecule has 3 aromatic rings. The third kappa shape index (κ3) is 4.40. The van der Waals surface area contributed by atoms with Crippen molar-refractivity contribution in [1.29, 1.82) is 0 Å². The monoisotopic (exact) mass is 420 g/mol. The zero-order chi connectivity index (χ0) is 20.3. The van der Waals surface area contributed by atoms with Crippen LogP contribution in [0.4, 0.5) is 0 Å². The van der Waals surface area contributed by atoms with E-state index in [4.69, 9.17) is 16.0 Å². The quantitative estimate of drug-likeness (QED) is 0.418. The fraction of sp³-hybridized carbons (Fsp3) is 0.316. The lowest BCUT2D eigenvalue weighted by molar-refractivity contribution is 0.0563. The van der Waals surface area contributed by atoms with E-state index >= 15 is 0 Å². The Morgan fingerprint density at radius 3 is 2.61 bits per heavy atom. The summed E-state index contributed by atoms with van der Waals surface area (Å²) in [6.45, 7) is 2.07. The molecule has 0 amide bonds. The number of hydrogen-bond acceptors (Lipinski definition) is 7. The number of methoxy groups -OCH3 is 1. The van der Waals surface area contributed by atoms with Crippen LogP contribution in [0.15, 0.2) is 46.0 Å². The third-order valence-corrected chi connectivity index (χ3v) is 5.49. The molecule has 7 nitrogen and oxygen atoms in total. The largest absolute Gasteiger partial charge is 0.463 e. The number of ether oxygens (including phenoxy) is 1. The van der Waals surface area contributed by atoms with Crippen molar-refractivity contribution < 1.29 is 13.9 Å². The van der Waals surface area contributed by atoms with Crippen molar-refractivity contribution in [3.05, 3.63) is 58.8 Å². The lowest BCUT2D eigenvalue weighted by Gasteiger charge is -2.20. The summed E-state index contributed by atoms with van der Waals surface area (Å²) in [7, 11) is 5.31. The van der Waals surface area contributed by atoms with E-state index < -0.39 is 5.97 Å². The average Bonchev–Trinajstić information content (AvgIpc) is 3.32. The van der Waals surface area contributed by atoms with Crippen LogP contribution in [-0.4, -0.2) is 46.8 Å². The van der Waals surface area contributed by atoms with E-state index in [9.17, 15) is 4.79 Å². The van der Waals surface area contributed by atoms with E-state index in [2.05, 4.69) is 26.8 Å². The molecule has 2 aromatic heterocycles. The molecule has 0 saturated carbocycles. The van der Waals surface area contributed by atoms with Gasteiger partial charge in [-0.3, -0.25) is 9.47 Å². The maximum absolute atomic E-state index is 11.5. The number of carbonyl (C=O) groups is 1. The minimum atomic E-state index is -0.498. The highest BCUT2D eigenvalue weighted by molar-refractivity contribution is 7.98. The van der Waals surface area contributed by atoms with Gasteiger partial charge in [0.2, 0.25) is 5.76 Å². The van der Waals surface area contributed by atoms with Crippen LogP contribution in [0.5, 0.6) is 0 Å². The summed E-state index contributed by atoms with van der Waals surface area (Å²) in [5.41, 5.74) is 0.926. The van der Waals surface area contributed by atoms with Gasteiger partial charge in [-0.1, -0.05) is 23.4 Å². The van der Waals surface area contributed by atoms with Crippen LogP contribution in [0.1, 0.15) is 35.1 Å². The Kier molecular flexibility index (Phi) is 6.43. The van der Waals surface area contributed by atoms with Crippen LogP contribution < -0.4 is 0 Å². The van der Waals surface area contributed by atoms with Crippen molar-refractivity contribution in [2.45, 2.75) is 23.9 Å². The van der Waals surface area contributed by atoms with Crippen molar-refractivity contribution in [1.82, 2.24) is 19.7 Å². The van der Waals surface area contributed by atoms with Gasteiger partial charge in [0.25, 0.3) is 0 Å². The van der Waals surface area contributed by atoms with Gasteiger partial charge in [-0.05, 0) is 57.4 Å². The number of nitrogens with zero attached hydrogens (tertiary/aromatic N) is 4. The molecule has 2 heterocycles. The van der Waals surface area contributed by atoms with E-state index in [0.717, 1.165) is 16.7 Å². The van der Waals surface area contributed by atoms with Gasteiger partial charge in [0.1, 0.15) is 5.76 Å². The molecule has 148 valence electrons. The second kappa shape index (κ2) is 8.81. The Hall–Kier alpha value is -2.29. The van der Waals surface area contributed by atoms with Gasteiger partial charge in [-0.2, -0.15) is 0 Å². The molecule has 0 fully saturated rings. The number of hydrogen-bond donors (Lipinski definition) is 0. The van der Waals surface area contributed by atoms with Gasteiger partial charge < -0.3 is 9.15 Å². The van der Waals surface area contributed by atoms with Crippen LogP contribution >= 0.6 is 23.4 Å². The van der Waals surface area contributed by atoms with Crippen LogP contribution in [0.2, 0.25) is 5.02 Å². The highest BCUT2D eigenvalue weighted by Crippen LogP contribution is 2.29. The van der Waals surface area contributed by atoms with Crippen LogP contribution in [-0.2, 0) is 10.5 Å². The highest BCUT2D eigenvalue weighted by Gasteiger charge is 2.21. The molecule has 0 aliphatic heterocycles. The number of benzene rings is 1. The molecule has 0 aliphatic rings. The normalized spacial score (nSPS) is 12.4. The maximum atomic E-state index is 11.5. The zero-order valence-electron chi connectivity index (χ0n) is 16.0. The zero-order valence-corrected chi connectivity index (χ0v) is 17.6. The summed E-state index contributed by atoms with van der Waals surface area (Å²) in [6, 6.07) is 11.0. The minimum absolute atomic E-state index is 0.0621. The predicted molar refractivity (Wildman–Crippen MR) is 108 cm³/mol. The van der Waals surface area contributed by atoms with Crippen molar-refractivity contribution in [2.24, 2.45) is 0 Å². The van der Waals surface area contributed by atoms with Crippen LogP contribution in [0.25, 0.3) is 5.69 Å². The lowest BCUT2D eigenvalue weighted by atomic mass is 10.2. The van der Waals surface area contributed by atoms with Gasteiger partial charge in [0.15, 0.2) is 11.0 Å². The standard InChI is InChI=1S/C19H21ClN4O3S/c1-12(23(2)3)17-21-22-19(24(17)14-7-5-13(20)6-8-14)28-11-15-9-10-16(27-15)18(25)26-4/h5-10,12H,11H2,1-4H3. The Morgan fingerprint density at radius 2 is 1.96 bits per heavy atom. The lowest BCUT2D eigenvalue weighted by Crippen LogP contribution is -2.20. The third-order valence-electron chi connectivity index (χ3n) is 4.28. The molecule has 1 aromatic carbocycles. The van der Waals surface area contributed by atoms with Crippen molar-refractivity contribution >= 4 is 29.3 Å². The molecule has 0 N–H and O–H groups in total. The number of halogens is 1. The van der Waals surface area contributed by atoms with Crippen LogP contribution in [0, 0.1) is 0 Å². The molecule has 28 heavy (non-hydrogen) atoms. The smallest absolute Gasteiger partial charge is 0.373 e. The predicted octanol–water partition coefficient (Wildman–Crippen LogP) is 4.22. The van der Waals surface area contributed by atoms with E-state index in [1.807, 2.05) is 42.9 Å². The molecule has 0 aliphatic carbocycles. The fourth-order valence-corrected chi connectivity index (χ4v) is 3.49. The summed E-state index contributed by atoms with van der Waals surface area (Å²) >= 11 is 7.52. The Balaban J connectivity index is 1.89. The topological polar surface area (TPSA) is 73.4 Å². The summed E-state index contributed by atoms with van der Waals surface area (Å²) in [6.07, 6.45) is 0. The SMILES string of the molecule is COC(=O)c1ccc(CSc2nnc(C(C)N(C)C)n2-c2ccc(Cl)cc2)o1. The van der Waals surface area contributed by atoms with Gasteiger partial charge in [0, 0.05) is 10.7 Å². The second-order valence-electron chi connectivity index (χ2n) is 6.34. The molecular weight excluding hydrogens is 400 g/mol. The molecule has 0 radical (unpaired) electrons. The maximum Gasteiger partial charge on any atom is 0.373 e. The number of esters is 1. The number of thioether (sulfide) groups is 1. The van der Waals surface area contributed by atoms with Gasteiger partial charge in [0.05, 0.1) is 18.9 Å². The number of rotatable bonds is 7. The fourth-order valence-electron chi connectivity index (χ4n) is 2.51.